The van der Waals surface area contributed by atoms with Gasteiger partial charge in [0.15, 0.2) is 0 Å². The van der Waals surface area contributed by atoms with E-state index in [-0.39, 0.29) is 33.7 Å². The average Bonchev–Trinajstić information content (AvgIpc) is 3.73. The van der Waals surface area contributed by atoms with Crippen molar-refractivity contribution < 1.29 is 27.5 Å². The first-order chi connectivity index (χ1) is 18.9. The van der Waals surface area contributed by atoms with Crippen LogP contribution < -0.4 is 15.6 Å². The predicted molar refractivity (Wildman–Crippen MR) is 150 cm³/mol. The lowest BCUT2D eigenvalue weighted by Crippen LogP contribution is -2.31. The number of rotatable bonds is 6. The molecule has 1 saturated carbocycles. The van der Waals surface area contributed by atoms with Crippen molar-refractivity contribution >= 4 is 57.1 Å². The third-order valence-corrected chi connectivity index (χ3v) is 8.01. The minimum Gasteiger partial charge on any atom is -0.477 e. The van der Waals surface area contributed by atoms with Crippen LogP contribution in [0.25, 0.3) is 10.9 Å². The molecule has 0 bridgehead atoms. The Labute approximate surface area is 237 Å². The number of carboxylic acids is 1. The first-order valence-corrected chi connectivity index (χ1v) is 13.7. The van der Waals surface area contributed by atoms with E-state index in [1.54, 1.807) is 4.57 Å². The topological polar surface area (TPSA) is 74.6 Å². The number of thiocarbonyl (C=S) groups is 1. The second kappa shape index (κ2) is 11.0. The van der Waals surface area contributed by atoms with E-state index in [4.69, 9.17) is 23.8 Å². The Balaban J connectivity index is 1.42. The molecule has 3 aromatic rings. The van der Waals surface area contributed by atoms with Gasteiger partial charge in [-0.1, -0.05) is 36.3 Å². The molecule has 6 nitrogen and oxygen atoms in total. The zero-order valence-corrected chi connectivity index (χ0v) is 22.8. The largest absolute Gasteiger partial charge is 0.477 e. The van der Waals surface area contributed by atoms with Crippen molar-refractivity contribution in [2.45, 2.75) is 50.7 Å². The van der Waals surface area contributed by atoms with E-state index in [1.165, 1.54) is 18.3 Å². The second-order valence-electron chi connectivity index (χ2n) is 10.4. The molecular formula is C28H26ClF4N3O3S. The van der Waals surface area contributed by atoms with Gasteiger partial charge in [0.1, 0.15) is 11.4 Å². The van der Waals surface area contributed by atoms with E-state index in [2.05, 4.69) is 5.32 Å². The normalized spacial score (nSPS) is 18.0. The fourth-order valence-electron chi connectivity index (χ4n) is 5.36. The number of hydrogen-bond donors (Lipinski definition) is 2. The van der Waals surface area contributed by atoms with E-state index in [1.807, 2.05) is 4.90 Å². The smallest absolute Gasteiger partial charge is 0.416 e. The summed E-state index contributed by atoms with van der Waals surface area (Å²) in [5.74, 6) is -2.13. The summed E-state index contributed by atoms with van der Waals surface area (Å²) in [6.45, 7) is 0.904. The fourth-order valence-corrected chi connectivity index (χ4v) is 6.12. The number of fused-ring (bicyclic) bond motifs is 1. The van der Waals surface area contributed by atoms with Gasteiger partial charge in [0.2, 0.25) is 5.43 Å². The molecule has 12 heteroatoms. The molecule has 40 heavy (non-hydrogen) atoms. The molecule has 1 aromatic heterocycles. The van der Waals surface area contributed by atoms with Crippen molar-refractivity contribution in [1.82, 2.24) is 4.57 Å². The maximum absolute atomic E-state index is 15.6. The van der Waals surface area contributed by atoms with Gasteiger partial charge in [-0.25, -0.2) is 9.18 Å². The molecule has 1 saturated heterocycles. The number of aromatic nitrogens is 1. The number of hydrogen-bond acceptors (Lipinski definition) is 4. The standard InChI is InChI=1S/C28H26ClF4N3O3S/c29-23-24-19(26(37)20(27(38)39)14-36(24)18-7-8-18)12-21(30)25(23)35-9-2-1-4-15(13-35)10-22(40)34-17-6-3-5-16(11-17)28(31,32)33/h3,5-6,11-12,14-15,18H,1-2,4,7-10,13H2,(H,34,40)(H,38,39). The number of alkyl halides is 3. The summed E-state index contributed by atoms with van der Waals surface area (Å²) in [6.07, 6.45) is 1.17. The van der Waals surface area contributed by atoms with Crippen LogP contribution in [0.5, 0.6) is 0 Å². The Bertz CT molecular complexity index is 1550. The van der Waals surface area contributed by atoms with Gasteiger partial charge in [0.05, 0.1) is 32.2 Å². The zero-order chi connectivity index (χ0) is 28.8. The van der Waals surface area contributed by atoms with E-state index >= 15 is 4.39 Å². The maximum atomic E-state index is 15.6. The summed E-state index contributed by atoms with van der Waals surface area (Å²) in [7, 11) is 0. The lowest BCUT2D eigenvalue weighted by atomic mass is 9.99. The lowest BCUT2D eigenvalue weighted by molar-refractivity contribution is -0.137. The summed E-state index contributed by atoms with van der Waals surface area (Å²) in [5.41, 5.74) is -1.28. The number of halogens is 5. The number of benzene rings is 2. The number of anilines is 2. The molecule has 2 fully saturated rings. The van der Waals surface area contributed by atoms with Gasteiger partial charge in [0.25, 0.3) is 0 Å². The third kappa shape index (κ3) is 5.81. The monoisotopic (exact) mass is 595 g/mol. The Morgan fingerprint density at radius 3 is 2.60 bits per heavy atom. The van der Waals surface area contributed by atoms with Crippen LogP contribution in [0.2, 0.25) is 5.02 Å². The Morgan fingerprint density at radius 2 is 1.93 bits per heavy atom. The summed E-state index contributed by atoms with van der Waals surface area (Å²) in [5, 5.41) is 12.4. The number of aromatic carboxylic acids is 1. The lowest BCUT2D eigenvalue weighted by Gasteiger charge is -2.29. The van der Waals surface area contributed by atoms with Crippen molar-refractivity contribution in [1.29, 1.82) is 0 Å². The van der Waals surface area contributed by atoms with Crippen LogP contribution in [0.3, 0.4) is 0 Å². The molecule has 0 radical (unpaired) electrons. The zero-order valence-electron chi connectivity index (χ0n) is 21.2. The maximum Gasteiger partial charge on any atom is 0.416 e. The van der Waals surface area contributed by atoms with Crippen molar-refractivity contribution in [2.24, 2.45) is 5.92 Å². The highest BCUT2D eigenvalue weighted by molar-refractivity contribution is 7.80. The molecule has 1 aliphatic heterocycles. The first kappa shape index (κ1) is 28.4. The number of nitrogens with one attached hydrogen (secondary N) is 1. The summed E-state index contributed by atoms with van der Waals surface area (Å²) < 4.78 is 56.6. The minimum absolute atomic E-state index is 0.0202. The highest BCUT2D eigenvalue weighted by Gasteiger charge is 2.32. The Morgan fingerprint density at radius 1 is 1.18 bits per heavy atom. The van der Waals surface area contributed by atoms with Crippen molar-refractivity contribution in [2.75, 3.05) is 23.3 Å². The van der Waals surface area contributed by atoms with Crippen molar-refractivity contribution in [3.63, 3.8) is 0 Å². The van der Waals surface area contributed by atoms with Crippen LogP contribution in [-0.2, 0) is 6.18 Å². The molecule has 2 N–H and O–H groups in total. The molecule has 0 spiro atoms. The number of nitrogens with zero attached hydrogens (tertiary/aromatic N) is 2. The predicted octanol–water partition coefficient (Wildman–Crippen LogP) is 7.28. The summed E-state index contributed by atoms with van der Waals surface area (Å²) >= 11 is 12.3. The van der Waals surface area contributed by atoms with Crippen LogP contribution in [-0.4, -0.2) is 33.7 Å². The van der Waals surface area contributed by atoms with Crippen LogP contribution in [0.1, 0.15) is 60.5 Å². The van der Waals surface area contributed by atoms with Crippen molar-refractivity contribution in [3.8, 4) is 0 Å². The molecule has 1 unspecified atom stereocenters. The van der Waals surface area contributed by atoms with Gasteiger partial charge in [-0.3, -0.25) is 4.79 Å². The molecule has 1 aliphatic carbocycles. The molecular weight excluding hydrogens is 570 g/mol. The molecule has 2 aromatic carbocycles. The Kier molecular flexibility index (Phi) is 7.80. The molecule has 2 heterocycles. The fraction of sp³-hybridized carbons (Fsp3) is 0.393. The number of carboxylic acid groups (broad SMARTS) is 1. The SMILES string of the molecule is O=C(O)c1cn(C2CC2)c2c(Cl)c(N3CCCCC(CC(=S)Nc4cccc(C(F)(F)F)c4)C3)c(F)cc2c1=O. The second-order valence-corrected chi connectivity index (χ2v) is 11.2. The van der Waals surface area contributed by atoms with Gasteiger partial charge in [-0.05, 0) is 55.9 Å². The number of pyridine rings is 1. The van der Waals surface area contributed by atoms with Crippen LogP contribution in [0.15, 0.2) is 41.3 Å². The molecule has 1 atom stereocenters. The quantitative estimate of drug-likeness (QED) is 0.230. The van der Waals surface area contributed by atoms with Gasteiger partial charge >= 0.3 is 12.1 Å². The van der Waals surface area contributed by atoms with E-state index < -0.39 is 34.5 Å². The van der Waals surface area contributed by atoms with E-state index in [0.717, 1.165) is 50.3 Å². The number of carbonyl (C=O) groups is 1. The molecule has 0 amide bonds. The third-order valence-electron chi connectivity index (χ3n) is 7.39. The molecule has 212 valence electrons. The van der Waals surface area contributed by atoms with Gasteiger partial charge in [-0.15, -0.1) is 0 Å². The highest BCUT2D eigenvalue weighted by Crippen LogP contribution is 2.43. The summed E-state index contributed by atoms with van der Waals surface area (Å²) in [4.78, 5) is 26.8. The van der Waals surface area contributed by atoms with Gasteiger partial charge < -0.3 is 19.9 Å². The van der Waals surface area contributed by atoms with Crippen LogP contribution >= 0.6 is 23.8 Å². The first-order valence-electron chi connectivity index (χ1n) is 13.0. The molecule has 5 rings (SSSR count). The molecule has 2 aliphatic rings. The van der Waals surface area contributed by atoms with Crippen molar-refractivity contribution in [3.05, 3.63) is 68.7 Å². The average molecular weight is 596 g/mol. The van der Waals surface area contributed by atoms with E-state index in [9.17, 15) is 27.9 Å². The van der Waals surface area contributed by atoms with Crippen LogP contribution in [0.4, 0.5) is 28.9 Å². The van der Waals surface area contributed by atoms with Gasteiger partial charge in [-0.2, -0.15) is 13.2 Å². The Hall–Kier alpha value is -3.18. The van der Waals surface area contributed by atoms with E-state index in [0.29, 0.717) is 30.0 Å². The minimum atomic E-state index is -4.47. The highest BCUT2D eigenvalue weighted by atomic mass is 35.5. The van der Waals surface area contributed by atoms with Crippen LogP contribution in [0, 0.1) is 11.7 Å². The summed E-state index contributed by atoms with van der Waals surface area (Å²) in [6, 6.07) is 5.87. The van der Waals surface area contributed by atoms with Gasteiger partial charge in [0, 0.05) is 37.4 Å².